The van der Waals surface area contributed by atoms with Crippen LogP contribution in [0.5, 0.6) is 0 Å². The molecule has 12 heavy (non-hydrogen) atoms. The van der Waals surface area contributed by atoms with Crippen molar-refractivity contribution in [1.82, 2.24) is 5.32 Å². The quantitative estimate of drug-likeness (QED) is 0.710. The summed E-state index contributed by atoms with van der Waals surface area (Å²) in [5.41, 5.74) is 0. The molecular weight excluding hydrogens is 168 g/mol. The van der Waals surface area contributed by atoms with Crippen molar-refractivity contribution in [2.75, 3.05) is 13.1 Å². The molecule has 1 heterocycles. The second-order valence-corrected chi connectivity index (χ2v) is 5.48. The van der Waals surface area contributed by atoms with Gasteiger partial charge >= 0.3 is 0 Å². The van der Waals surface area contributed by atoms with E-state index >= 15 is 0 Å². The Morgan fingerprint density at radius 2 is 2.00 bits per heavy atom. The molecule has 0 saturated carbocycles. The lowest BCUT2D eigenvalue weighted by molar-refractivity contribution is 0.475. The first-order valence-corrected chi connectivity index (χ1v) is 5.36. The number of nitriles is 1. The zero-order chi connectivity index (χ0) is 9.03. The molecule has 0 spiro atoms. The normalized spacial score (nSPS) is 22.2. The average molecular weight is 184 g/mol. The molecule has 0 radical (unpaired) electrons. The zero-order valence-electron chi connectivity index (χ0n) is 7.76. The molecule has 1 N–H and O–H groups in total. The third-order valence-corrected chi connectivity index (χ3v) is 3.50. The second-order valence-electron chi connectivity index (χ2n) is 3.52. The van der Waals surface area contributed by atoms with Gasteiger partial charge in [-0.3, -0.25) is 0 Å². The highest BCUT2D eigenvalue weighted by molar-refractivity contribution is 8.01. The maximum atomic E-state index is 9.09. The van der Waals surface area contributed by atoms with Crippen LogP contribution in [0.25, 0.3) is 0 Å². The summed E-state index contributed by atoms with van der Waals surface area (Å²) >= 11 is 1.82. The van der Waals surface area contributed by atoms with Crippen LogP contribution in [0.4, 0.5) is 0 Å². The van der Waals surface area contributed by atoms with Crippen LogP contribution in [0.1, 0.15) is 26.7 Å². The van der Waals surface area contributed by atoms with Gasteiger partial charge in [0, 0.05) is 5.25 Å². The number of piperidine rings is 1. The molecule has 1 rings (SSSR count). The Morgan fingerprint density at radius 1 is 1.42 bits per heavy atom. The van der Waals surface area contributed by atoms with Crippen LogP contribution in [0, 0.1) is 11.3 Å². The largest absolute Gasteiger partial charge is 0.317 e. The fourth-order valence-electron chi connectivity index (χ4n) is 1.54. The van der Waals surface area contributed by atoms with Gasteiger partial charge in [-0.05, 0) is 25.9 Å². The van der Waals surface area contributed by atoms with Crippen LogP contribution in [0.2, 0.25) is 0 Å². The Balaban J connectivity index is 2.55. The molecule has 68 valence electrons. The Labute approximate surface area is 78.7 Å². The third-order valence-electron chi connectivity index (χ3n) is 2.08. The van der Waals surface area contributed by atoms with Gasteiger partial charge in [0.05, 0.1) is 6.07 Å². The smallest absolute Gasteiger partial charge is 0.105 e. The molecule has 0 aliphatic carbocycles. The van der Waals surface area contributed by atoms with Crippen molar-refractivity contribution in [2.24, 2.45) is 0 Å². The second kappa shape index (κ2) is 4.15. The van der Waals surface area contributed by atoms with E-state index in [4.69, 9.17) is 5.26 Å². The van der Waals surface area contributed by atoms with E-state index in [2.05, 4.69) is 25.2 Å². The zero-order valence-corrected chi connectivity index (χ0v) is 8.58. The summed E-state index contributed by atoms with van der Waals surface area (Å²) in [6.45, 7) is 6.30. The van der Waals surface area contributed by atoms with Gasteiger partial charge in [-0.15, -0.1) is 11.8 Å². The van der Waals surface area contributed by atoms with Crippen molar-refractivity contribution in [3.8, 4) is 6.07 Å². The van der Waals surface area contributed by atoms with Crippen LogP contribution in [-0.4, -0.2) is 23.1 Å². The molecular formula is C9H16N2S. The Morgan fingerprint density at radius 3 is 2.42 bits per heavy atom. The van der Waals surface area contributed by atoms with Crippen LogP contribution in [0.3, 0.4) is 0 Å². The van der Waals surface area contributed by atoms with E-state index in [1.54, 1.807) is 0 Å². The van der Waals surface area contributed by atoms with E-state index in [1.807, 2.05) is 11.8 Å². The highest BCUT2D eigenvalue weighted by Crippen LogP contribution is 2.36. The molecule has 1 saturated heterocycles. The minimum atomic E-state index is -0.0978. The highest BCUT2D eigenvalue weighted by atomic mass is 32.2. The SMILES string of the molecule is CC(C)SC1(C#N)CCNCC1. The highest BCUT2D eigenvalue weighted by Gasteiger charge is 2.33. The van der Waals surface area contributed by atoms with E-state index in [0.717, 1.165) is 25.9 Å². The van der Waals surface area contributed by atoms with E-state index in [0.29, 0.717) is 5.25 Å². The monoisotopic (exact) mass is 184 g/mol. The fraction of sp³-hybridized carbons (Fsp3) is 0.889. The molecule has 1 fully saturated rings. The number of rotatable bonds is 2. The lowest BCUT2D eigenvalue weighted by Gasteiger charge is -2.31. The molecule has 1 aliphatic rings. The van der Waals surface area contributed by atoms with Crippen molar-refractivity contribution in [2.45, 2.75) is 36.7 Å². The van der Waals surface area contributed by atoms with E-state index in [1.165, 1.54) is 0 Å². The molecule has 3 heteroatoms. The molecule has 2 nitrogen and oxygen atoms in total. The maximum absolute atomic E-state index is 9.09. The lowest BCUT2D eigenvalue weighted by atomic mass is 9.99. The van der Waals surface area contributed by atoms with E-state index in [9.17, 15) is 0 Å². The first kappa shape index (κ1) is 9.88. The summed E-state index contributed by atoms with van der Waals surface area (Å²) in [5, 5.41) is 12.9. The predicted octanol–water partition coefficient (Wildman–Crippen LogP) is 1.77. The molecule has 0 aromatic rings. The summed E-state index contributed by atoms with van der Waals surface area (Å²) < 4.78 is -0.0978. The molecule has 0 atom stereocenters. The number of nitrogens with one attached hydrogen (secondary N) is 1. The van der Waals surface area contributed by atoms with Crippen LogP contribution >= 0.6 is 11.8 Å². The van der Waals surface area contributed by atoms with Crippen molar-refractivity contribution in [3.05, 3.63) is 0 Å². The minimum absolute atomic E-state index is 0.0978. The topological polar surface area (TPSA) is 35.8 Å². The Kier molecular flexibility index (Phi) is 3.42. The Hall–Kier alpha value is -0.200. The first-order chi connectivity index (χ1) is 5.68. The fourth-order valence-corrected chi connectivity index (χ4v) is 2.93. The summed E-state index contributed by atoms with van der Waals surface area (Å²) in [7, 11) is 0. The molecule has 0 bridgehead atoms. The molecule has 0 aromatic heterocycles. The van der Waals surface area contributed by atoms with Gasteiger partial charge < -0.3 is 5.32 Å². The molecule has 1 aliphatic heterocycles. The van der Waals surface area contributed by atoms with Crippen molar-refractivity contribution in [1.29, 1.82) is 5.26 Å². The number of thioether (sulfide) groups is 1. The van der Waals surface area contributed by atoms with Crippen molar-refractivity contribution in [3.63, 3.8) is 0 Å². The number of nitrogens with zero attached hydrogens (tertiary/aromatic N) is 1. The number of hydrogen-bond acceptors (Lipinski definition) is 3. The van der Waals surface area contributed by atoms with Crippen molar-refractivity contribution < 1.29 is 0 Å². The third kappa shape index (κ3) is 2.40. The summed E-state index contributed by atoms with van der Waals surface area (Å²) in [4.78, 5) is 0. The van der Waals surface area contributed by atoms with Crippen LogP contribution in [0.15, 0.2) is 0 Å². The number of hydrogen-bond donors (Lipinski definition) is 1. The summed E-state index contributed by atoms with van der Waals surface area (Å²) in [5.74, 6) is 0. The summed E-state index contributed by atoms with van der Waals surface area (Å²) in [6, 6.07) is 2.47. The van der Waals surface area contributed by atoms with Crippen LogP contribution < -0.4 is 5.32 Å². The lowest BCUT2D eigenvalue weighted by Crippen LogP contribution is -2.39. The maximum Gasteiger partial charge on any atom is 0.105 e. The van der Waals surface area contributed by atoms with Gasteiger partial charge in [0.1, 0.15) is 4.75 Å². The van der Waals surface area contributed by atoms with Crippen molar-refractivity contribution >= 4 is 11.8 Å². The Bertz CT molecular complexity index is 177. The van der Waals surface area contributed by atoms with Gasteiger partial charge in [-0.1, -0.05) is 13.8 Å². The van der Waals surface area contributed by atoms with Gasteiger partial charge in [-0.25, -0.2) is 0 Å². The summed E-state index contributed by atoms with van der Waals surface area (Å²) in [6.07, 6.45) is 1.98. The van der Waals surface area contributed by atoms with Gasteiger partial charge in [0.15, 0.2) is 0 Å². The van der Waals surface area contributed by atoms with Gasteiger partial charge in [0.25, 0.3) is 0 Å². The van der Waals surface area contributed by atoms with Crippen LogP contribution in [-0.2, 0) is 0 Å². The standard InChI is InChI=1S/C9H16N2S/c1-8(2)12-9(7-10)3-5-11-6-4-9/h8,11H,3-6H2,1-2H3. The molecule has 0 unspecified atom stereocenters. The van der Waals surface area contributed by atoms with E-state index in [-0.39, 0.29) is 4.75 Å². The molecule has 0 aromatic carbocycles. The predicted molar refractivity (Wildman–Crippen MR) is 53.2 cm³/mol. The van der Waals surface area contributed by atoms with Gasteiger partial charge in [-0.2, -0.15) is 5.26 Å². The van der Waals surface area contributed by atoms with E-state index < -0.39 is 0 Å². The average Bonchev–Trinajstić information content (AvgIpc) is 2.05. The minimum Gasteiger partial charge on any atom is -0.317 e. The van der Waals surface area contributed by atoms with Gasteiger partial charge in [0.2, 0.25) is 0 Å². The molecule has 0 amide bonds. The first-order valence-electron chi connectivity index (χ1n) is 4.48.